The number of benzene rings is 1. The van der Waals surface area contributed by atoms with Gasteiger partial charge >= 0.3 is 0 Å². The van der Waals surface area contributed by atoms with Crippen molar-refractivity contribution in [2.45, 2.75) is 13.3 Å². The van der Waals surface area contributed by atoms with E-state index in [2.05, 4.69) is 22.6 Å². The SMILES string of the molecule is CC(=O)Nc1cccc(NCCC(=O)N2CCN(C)CC2)c1. The molecule has 2 amide bonds. The van der Waals surface area contributed by atoms with Crippen LogP contribution in [0, 0.1) is 0 Å². The highest BCUT2D eigenvalue weighted by Gasteiger charge is 2.18. The summed E-state index contributed by atoms with van der Waals surface area (Å²) < 4.78 is 0. The van der Waals surface area contributed by atoms with E-state index in [1.807, 2.05) is 29.2 Å². The normalized spacial score (nSPS) is 15.5. The lowest BCUT2D eigenvalue weighted by Crippen LogP contribution is -2.47. The average molecular weight is 304 g/mol. The number of piperazine rings is 1. The minimum absolute atomic E-state index is 0.0950. The summed E-state index contributed by atoms with van der Waals surface area (Å²) in [5, 5.41) is 5.97. The van der Waals surface area contributed by atoms with Crippen molar-refractivity contribution in [1.29, 1.82) is 0 Å². The van der Waals surface area contributed by atoms with Crippen LogP contribution in [0.4, 0.5) is 11.4 Å². The summed E-state index contributed by atoms with van der Waals surface area (Å²) in [6.45, 7) is 5.58. The lowest BCUT2D eigenvalue weighted by Gasteiger charge is -2.32. The molecule has 1 aliphatic heterocycles. The van der Waals surface area contributed by atoms with E-state index in [-0.39, 0.29) is 11.8 Å². The molecule has 0 unspecified atom stereocenters. The Bertz CT molecular complexity index is 525. The van der Waals surface area contributed by atoms with Gasteiger partial charge in [0.2, 0.25) is 11.8 Å². The summed E-state index contributed by atoms with van der Waals surface area (Å²) in [6.07, 6.45) is 0.480. The first-order valence-electron chi connectivity index (χ1n) is 7.62. The predicted octanol–water partition coefficient (Wildman–Crippen LogP) is 1.22. The molecule has 0 saturated carbocycles. The average Bonchev–Trinajstić information content (AvgIpc) is 2.47. The standard InChI is InChI=1S/C16H24N4O2/c1-13(21)18-15-5-3-4-14(12-15)17-7-6-16(22)20-10-8-19(2)9-11-20/h3-5,12,17H,6-11H2,1-2H3,(H,18,21). The van der Waals surface area contributed by atoms with Gasteiger partial charge in [0.05, 0.1) is 0 Å². The van der Waals surface area contributed by atoms with Crippen molar-refractivity contribution >= 4 is 23.2 Å². The van der Waals surface area contributed by atoms with E-state index in [1.54, 1.807) is 0 Å². The van der Waals surface area contributed by atoms with Gasteiger partial charge in [-0.25, -0.2) is 0 Å². The Balaban J connectivity index is 1.76. The monoisotopic (exact) mass is 304 g/mol. The Morgan fingerprint density at radius 1 is 1.14 bits per heavy atom. The van der Waals surface area contributed by atoms with Gasteiger partial charge in [0, 0.05) is 57.4 Å². The summed E-state index contributed by atoms with van der Waals surface area (Å²) in [5.41, 5.74) is 1.65. The molecule has 1 saturated heterocycles. The molecule has 2 rings (SSSR count). The molecule has 22 heavy (non-hydrogen) atoms. The van der Waals surface area contributed by atoms with Crippen molar-refractivity contribution in [1.82, 2.24) is 9.80 Å². The number of carbonyl (C=O) groups is 2. The van der Waals surface area contributed by atoms with E-state index in [1.165, 1.54) is 6.92 Å². The number of likely N-dealkylation sites (N-methyl/N-ethyl adjacent to an activating group) is 1. The number of amides is 2. The Labute approximate surface area is 131 Å². The van der Waals surface area contributed by atoms with Gasteiger partial charge in [0.15, 0.2) is 0 Å². The summed E-state index contributed by atoms with van der Waals surface area (Å²) in [6, 6.07) is 7.49. The van der Waals surface area contributed by atoms with Crippen LogP contribution < -0.4 is 10.6 Å². The minimum atomic E-state index is -0.0950. The Morgan fingerprint density at radius 2 is 1.82 bits per heavy atom. The molecule has 0 aromatic heterocycles. The molecule has 6 nitrogen and oxygen atoms in total. The van der Waals surface area contributed by atoms with Crippen molar-refractivity contribution in [3.05, 3.63) is 24.3 Å². The van der Waals surface area contributed by atoms with Gasteiger partial charge < -0.3 is 20.4 Å². The van der Waals surface area contributed by atoms with E-state index >= 15 is 0 Å². The molecule has 120 valence electrons. The zero-order chi connectivity index (χ0) is 15.9. The van der Waals surface area contributed by atoms with Gasteiger partial charge in [-0.05, 0) is 25.2 Å². The van der Waals surface area contributed by atoms with Crippen molar-refractivity contribution in [2.24, 2.45) is 0 Å². The fourth-order valence-electron chi connectivity index (χ4n) is 2.44. The molecule has 0 bridgehead atoms. The molecule has 1 aromatic rings. The van der Waals surface area contributed by atoms with Gasteiger partial charge in [0.1, 0.15) is 0 Å². The summed E-state index contributed by atoms with van der Waals surface area (Å²) >= 11 is 0. The van der Waals surface area contributed by atoms with Gasteiger partial charge in [-0.2, -0.15) is 0 Å². The molecule has 1 heterocycles. The van der Waals surface area contributed by atoms with Crippen LogP contribution in [0.25, 0.3) is 0 Å². The molecular weight excluding hydrogens is 280 g/mol. The van der Waals surface area contributed by atoms with Crippen molar-refractivity contribution < 1.29 is 9.59 Å². The second-order valence-electron chi connectivity index (χ2n) is 5.62. The van der Waals surface area contributed by atoms with Crippen LogP contribution in [0.15, 0.2) is 24.3 Å². The number of hydrogen-bond donors (Lipinski definition) is 2. The maximum atomic E-state index is 12.1. The predicted molar refractivity (Wildman–Crippen MR) is 87.9 cm³/mol. The third-order valence-electron chi connectivity index (χ3n) is 3.71. The van der Waals surface area contributed by atoms with E-state index in [4.69, 9.17) is 0 Å². The molecule has 0 spiro atoms. The van der Waals surface area contributed by atoms with Crippen LogP contribution in [-0.4, -0.2) is 61.4 Å². The highest BCUT2D eigenvalue weighted by atomic mass is 16.2. The van der Waals surface area contributed by atoms with Crippen LogP contribution >= 0.6 is 0 Å². The molecular formula is C16H24N4O2. The van der Waals surface area contributed by atoms with E-state index in [0.717, 1.165) is 37.6 Å². The number of rotatable bonds is 5. The third-order valence-corrected chi connectivity index (χ3v) is 3.71. The lowest BCUT2D eigenvalue weighted by molar-refractivity contribution is -0.132. The van der Waals surface area contributed by atoms with Gasteiger partial charge in [-0.3, -0.25) is 9.59 Å². The van der Waals surface area contributed by atoms with Crippen molar-refractivity contribution in [3.63, 3.8) is 0 Å². The largest absolute Gasteiger partial charge is 0.384 e. The molecule has 0 atom stereocenters. The molecule has 0 aliphatic carbocycles. The second kappa shape index (κ2) is 7.79. The number of anilines is 2. The minimum Gasteiger partial charge on any atom is -0.384 e. The van der Waals surface area contributed by atoms with Crippen LogP contribution in [0.3, 0.4) is 0 Å². The highest BCUT2D eigenvalue weighted by Crippen LogP contribution is 2.15. The number of carbonyl (C=O) groups excluding carboxylic acids is 2. The topological polar surface area (TPSA) is 64.7 Å². The second-order valence-corrected chi connectivity index (χ2v) is 5.62. The Morgan fingerprint density at radius 3 is 2.50 bits per heavy atom. The fraction of sp³-hybridized carbons (Fsp3) is 0.500. The van der Waals surface area contributed by atoms with Gasteiger partial charge in [0.25, 0.3) is 0 Å². The molecule has 1 aromatic carbocycles. The molecule has 1 aliphatic rings. The summed E-state index contributed by atoms with van der Waals surface area (Å²) in [5.74, 6) is 0.0982. The molecule has 6 heteroatoms. The molecule has 0 radical (unpaired) electrons. The zero-order valence-electron chi connectivity index (χ0n) is 13.3. The van der Waals surface area contributed by atoms with Crippen LogP contribution in [0.1, 0.15) is 13.3 Å². The van der Waals surface area contributed by atoms with Gasteiger partial charge in [-0.15, -0.1) is 0 Å². The van der Waals surface area contributed by atoms with E-state index in [9.17, 15) is 9.59 Å². The van der Waals surface area contributed by atoms with Gasteiger partial charge in [-0.1, -0.05) is 6.07 Å². The first-order valence-corrected chi connectivity index (χ1v) is 7.62. The fourth-order valence-corrected chi connectivity index (χ4v) is 2.44. The zero-order valence-corrected chi connectivity index (χ0v) is 13.3. The highest BCUT2D eigenvalue weighted by molar-refractivity contribution is 5.89. The Kier molecular flexibility index (Phi) is 5.77. The maximum Gasteiger partial charge on any atom is 0.224 e. The maximum absolute atomic E-state index is 12.1. The molecule has 1 fully saturated rings. The number of hydrogen-bond acceptors (Lipinski definition) is 4. The smallest absolute Gasteiger partial charge is 0.224 e. The number of nitrogens with zero attached hydrogens (tertiary/aromatic N) is 2. The first-order chi connectivity index (χ1) is 10.5. The quantitative estimate of drug-likeness (QED) is 0.858. The number of nitrogens with one attached hydrogen (secondary N) is 2. The summed E-state index contributed by atoms with van der Waals surface area (Å²) in [4.78, 5) is 27.3. The van der Waals surface area contributed by atoms with Crippen LogP contribution in [-0.2, 0) is 9.59 Å². The molecule has 2 N–H and O–H groups in total. The third kappa shape index (κ3) is 5.04. The van der Waals surface area contributed by atoms with Crippen molar-refractivity contribution in [2.75, 3.05) is 50.4 Å². The van der Waals surface area contributed by atoms with E-state index < -0.39 is 0 Å². The lowest BCUT2D eigenvalue weighted by atomic mass is 10.2. The van der Waals surface area contributed by atoms with Crippen molar-refractivity contribution in [3.8, 4) is 0 Å². The Hall–Kier alpha value is -2.08. The van der Waals surface area contributed by atoms with Crippen LogP contribution in [0.5, 0.6) is 0 Å². The first kappa shape index (κ1) is 16.3. The van der Waals surface area contributed by atoms with Crippen LogP contribution in [0.2, 0.25) is 0 Å². The van der Waals surface area contributed by atoms with E-state index in [0.29, 0.717) is 13.0 Å². The summed E-state index contributed by atoms with van der Waals surface area (Å²) in [7, 11) is 2.07.